The van der Waals surface area contributed by atoms with E-state index < -0.39 is 5.60 Å². The van der Waals surface area contributed by atoms with Crippen molar-refractivity contribution in [2.24, 2.45) is 0 Å². The number of carbonyl (C=O) groups excluding carboxylic acids is 1. The summed E-state index contributed by atoms with van der Waals surface area (Å²) in [5, 5.41) is 12.0. The van der Waals surface area contributed by atoms with Gasteiger partial charge in [-0.05, 0) is 51.7 Å². The van der Waals surface area contributed by atoms with Crippen molar-refractivity contribution in [1.82, 2.24) is 14.8 Å². The standard InChI is InChI=1S/C18H22ClN3O2/c1-12-8-15(14-9-13(19)4-5-16(14)20-12)17(23)22-7-6-18(24,11-22)10-21(2)3/h4-5,8-9,24H,6-7,10-11H2,1-3H3. The molecule has 1 fully saturated rings. The number of carbonyl (C=O) groups is 1. The van der Waals surface area contributed by atoms with E-state index in [1.165, 1.54) is 0 Å². The van der Waals surface area contributed by atoms with Crippen LogP contribution in [0.1, 0.15) is 22.5 Å². The second kappa shape index (κ2) is 6.31. The lowest BCUT2D eigenvalue weighted by Gasteiger charge is -2.26. The van der Waals surface area contributed by atoms with Crippen LogP contribution in [0, 0.1) is 6.92 Å². The summed E-state index contributed by atoms with van der Waals surface area (Å²) < 4.78 is 0. The fourth-order valence-corrected chi connectivity index (χ4v) is 3.60. The number of hydrogen-bond acceptors (Lipinski definition) is 4. The number of halogens is 1. The maximum absolute atomic E-state index is 13.0. The second-order valence-electron chi connectivity index (χ2n) is 6.91. The van der Waals surface area contributed by atoms with Gasteiger partial charge in [-0.3, -0.25) is 9.78 Å². The second-order valence-corrected chi connectivity index (χ2v) is 7.35. The Morgan fingerprint density at radius 3 is 2.88 bits per heavy atom. The van der Waals surface area contributed by atoms with Crippen molar-refractivity contribution in [1.29, 1.82) is 0 Å². The number of β-amino-alcohol motifs (C(OH)–C–C–N with tert-alkyl or cyclic N) is 1. The summed E-state index contributed by atoms with van der Waals surface area (Å²) in [6.07, 6.45) is 0.583. The predicted molar refractivity (Wildman–Crippen MR) is 95.5 cm³/mol. The molecule has 128 valence electrons. The topological polar surface area (TPSA) is 56.7 Å². The van der Waals surface area contributed by atoms with E-state index in [0.29, 0.717) is 36.6 Å². The number of fused-ring (bicyclic) bond motifs is 1. The van der Waals surface area contributed by atoms with E-state index >= 15 is 0 Å². The molecule has 0 radical (unpaired) electrons. The number of rotatable bonds is 3. The molecule has 6 heteroatoms. The van der Waals surface area contributed by atoms with Crippen LogP contribution in [-0.2, 0) is 0 Å². The Kier molecular flexibility index (Phi) is 4.51. The van der Waals surface area contributed by atoms with E-state index in [4.69, 9.17) is 11.6 Å². The lowest BCUT2D eigenvalue weighted by Crippen LogP contribution is -2.43. The average molecular weight is 348 g/mol. The van der Waals surface area contributed by atoms with Crippen molar-refractivity contribution in [3.63, 3.8) is 0 Å². The molecule has 3 rings (SSSR count). The Morgan fingerprint density at radius 2 is 2.17 bits per heavy atom. The van der Waals surface area contributed by atoms with Crippen LogP contribution < -0.4 is 0 Å². The zero-order valence-electron chi connectivity index (χ0n) is 14.2. The summed E-state index contributed by atoms with van der Waals surface area (Å²) in [6.45, 7) is 3.30. The highest BCUT2D eigenvalue weighted by Gasteiger charge is 2.39. The van der Waals surface area contributed by atoms with Crippen molar-refractivity contribution in [2.75, 3.05) is 33.7 Å². The first-order chi connectivity index (χ1) is 11.3. The summed E-state index contributed by atoms with van der Waals surface area (Å²) >= 11 is 6.10. The zero-order chi connectivity index (χ0) is 17.5. The van der Waals surface area contributed by atoms with Gasteiger partial charge in [-0.1, -0.05) is 11.6 Å². The largest absolute Gasteiger partial charge is 0.387 e. The van der Waals surface area contributed by atoms with Crippen LogP contribution in [0.3, 0.4) is 0 Å². The molecule has 0 saturated carbocycles. The number of likely N-dealkylation sites (tertiary alicyclic amines) is 1. The minimum atomic E-state index is -0.852. The van der Waals surface area contributed by atoms with Crippen molar-refractivity contribution < 1.29 is 9.90 Å². The highest BCUT2D eigenvalue weighted by atomic mass is 35.5. The van der Waals surface area contributed by atoms with E-state index in [2.05, 4.69) is 4.98 Å². The van der Waals surface area contributed by atoms with Gasteiger partial charge in [0, 0.05) is 29.2 Å². The SMILES string of the molecule is Cc1cc(C(=O)N2CCC(O)(CN(C)C)C2)c2cc(Cl)ccc2n1. The molecule has 2 heterocycles. The first-order valence-electron chi connectivity index (χ1n) is 8.01. The minimum Gasteiger partial charge on any atom is -0.387 e. The van der Waals surface area contributed by atoms with Gasteiger partial charge in [0.25, 0.3) is 5.91 Å². The molecule has 1 aromatic heterocycles. The molecule has 0 bridgehead atoms. The minimum absolute atomic E-state index is 0.0811. The monoisotopic (exact) mass is 347 g/mol. The van der Waals surface area contributed by atoms with Gasteiger partial charge in [0.15, 0.2) is 0 Å². The highest BCUT2D eigenvalue weighted by Crippen LogP contribution is 2.27. The first-order valence-corrected chi connectivity index (χ1v) is 8.38. The Hall–Kier alpha value is -1.69. The lowest BCUT2D eigenvalue weighted by atomic mass is 10.0. The van der Waals surface area contributed by atoms with Gasteiger partial charge in [-0.2, -0.15) is 0 Å². The van der Waals surface area contributed by atoms with E-state index in [1.54, 1.807) is 23.1 Å². The average Bonchev–Trinajstić information content (AvgIpc) is 2.87. The maximum Gasteiger partial charge on any atom is 0.254 e. The Balaban J connectivity index is 1.94. The molecule has 2 aromatic rings. The summed E-state index contributed by atoms with van der Waals surface area (Å²) in [7, 11) is 3.84. The number of nitrogens with zero attached hydrogens (tertiary/aromatic N) is 3. The molecule has 24 heavy (non-hydrogen) atoms. The van der Waals surface area contributed by atoms with Gasteiger partial charge < -0.3 is 14.9 Å². The van der Waals surface area contributed by atoms with Gasteiger partial charge in [0.2, 0.25) is 0 Å². The number of hydrogen-bond donors (Lipinski definition) is 1. The summed E-state index contributed by atoms with van der Waals surface area (Å²) in [6, 6.07) is 7.17. The smallest absolute Gasteiger partial charge is 0.254 e. The Labute approximate surface area is 146 Å². The lowest BCUT2D eigenvalue weighted by molar-refractivity contribution is 0.0236. The van der Waals surface area contributed by atoms with Crippen molar-refractivity contribution in [3.05, 3.63) is 40.5 Å². The number of benzene rings is 1. The van der Waals surface area contributed by atoms with E-state index in [-0.39, 0.29) is 5.91 Å². The van der Waals surface area contributed by atoms with Gasteiger partial charge in [-0.25, -0.2) is 0 Å². The summed E-state index contributed by atoms with van der Waals surface area (Å²) in [4.78, 5) is 21.2. The van der Waals surface area contributed by atoms with E-state index in [0.717, 1.165) is 16.6 Å². The van der Waals surface area contributed by atoms with Gasteiger partial charge in [0.1, 0.15) is 0 Å². The van der Waals surface area contributed by atoms with Crippen LogP contribution in [0.2, 0.25) is 5.02 Å². The third-order valence-corrected chi connectivity index (χ3v) is 4.59. The molecule has 1 amide bonds. The predicted octanol–water partition coefficient (Wildman–Crippen LogP) is 2.34. The number of pyridine rings is 1. The first kappa shape index (κ1) is 17.1. The maximum atomic E-state index is 13.0. The quantitative estimate of drug-likeness (QED) is 0.926. The molecule has 1 N–H and O–H groups in total. The molecule has 1 aromatic carbocycles. The molecule has 5 nitrogen and oxygen atoms in total. The fraction of sp³-hybridized carbons (Fsp3) is 0.444. The molecule has 1 aliphatic rings. The van der Waals surface area contributed by atoms with Crippen molar-refractivity contribution in [2.45, 2.75) is 18.9 Å². The number of likely N-dealkylation sites (N-methyl/N-ethyl adjacent to an activating group) is 1. The highest BCUT2D eigenvalue weighted by molar-refractivity contribution is 6.31. The molecule has 1 atom stereocenters. The van der Waals surface area contributed by atoms with Gasteiger partial charge in [-0.15, -0.1) is 0 Å². The van der Waals surface area contributed by atoms with Crippen LogP contribution in [-0.4, -0.2) is 65.1 Å². The van der Waals surface area contributed by atoms with Gasteiger partial charge in [0.05, 0.1) is 23.2 Å². The van der Waals surface area contributed by atoms with Crippen LogP contribution >= 0.6 is 11.6 Å². The molecule has 0 spiro atoms. The molecular formula is C18H22ClN3O2. The van der Waals surface area contributed by atoms with Crippen LogP contribution in [0.15, 0.2) is 24.3 Å². The zero-order valence-corrected chi connectivity index (χ0v) is 15.0. The van der Waals surface area contributed by atoms with Gasteiger partial charge >= 0.3 is 0 Å². The Morgan fingerprint density at radius 1 is 1.42 bits per heavy atom. The van der Waals surface area contributed by atoms with Crippen LogP contribution in [0.4, 0.5) is 0 Å². The third kappa shape index (κ3) is 3.38. The molecular weight excluding hydrogens is 326 g/mol. The number of aromatic nitrogens is 1. The van der Waals surface area contributed by atoms with Crippen LogP contribution in [0.25, 0.3) is 10.9 Å². The Bertz CT molecular complexity index is 793. The molecule has 1 unspecified atom stereocenters. The normalized spacial score (nSPS) is 21.0. The van der Waals surface area contributed by atoms with Crippen LogP contribution in [0.5, 0.6) is 0 Å². The summed E-state index contributed by atoms with van der Waals surface area (Å²) in [5.74, 6) is -0.0811. The van der Waals surface area contributed by atoms with Crippen molar-refractivity contribution in [3.8, 4) is 0 Å². The third-order valence-electron chi connectivity index (χ3n) is 4.36. The number of aliphatic hydroxyl groups is 1. The van der Waals surface area contributed by atoms with E-state index in [1.807, 2.05) is 32.0 Å². The fourth-order valence-electron chi connectivity index (χ4n) is 3.43. The molecule has 1 saturated heterocycles. The van der Waals surface area contributed by atoms with E-state index in [9.17, 15) is 9.90 Å². The molecule has 0 aliphatic carbocycles. The number of aryl methyl sites for hydroxylation is 1. The molecule has 1 aliphatic heterocycles. The summed E-state index contributed by atoms with van der Waals surface area (Å²) in [5.41, 5.74) is 1.28. The van der Waals surface area contributed by atoms with Crippen molar-refractivity contribution >= 4 is 28.4 Å². The number of amides is 1.